The van der Waals surface area contributed by atoms with Crippen LogP contribution in [-0.4, -0.2) is 12.5 Å². The van der Waals surface area contributed by atoms with Gasteiger partial charge in [0.1, 0.15) is 0 Å². The molecule has 0 fully saturated rings. The minimum atomic E-state index is -1.05. The Morgan fingerprint density at radius 1 is 2.00 bits per heavy atom. The predicted octanol–water partition coefficient (Wildman–Crippen LogP) is 0.158. The van der Waals surface area contributed by atoms with Crippen molar-refractivity contribution >= 4 is 5.78 Å². The van der Waals surface area contributed by atoms with Crippen molar-refractivity contribution in [1.29, 1.82) is 0 Å². The van der Waals surface area contributed by atoms with Crippen LogP contribution in [0.5, 0.6) is 0 Å². The maximum Gasteiger partial charge on any atom is 0.236 e. The third kappa shape index (κ3) is 1.48. The van der Waals surface area contributed by atoms with Gasteiger partial charge in [-0.3, -0.25) is 4.79 Å². The number of rotatable bonds is 1. The summed E-state index contributed by atoms with van der Waals surface area (Å²) in [6.07, 6.45) is 4.44. The van der Waals surface area contributed by atoms with Crippen molar-refractivity contribution in [2.75, 3.05) is 6.67 Å². The molecular weight excluding hydrogens is 82.0 g/mol. The molecule has 0 rings (SSSR count). The van der Waals surface area contributed by atoms with Crippen molar-refractivity contribution in [3.63, 3.8) is 0 Å². The normalized spacial score (nSPS) is 6.67. The summed E-state index contributed by atoms with van der Waals surface area (Å²) in [5.74, 6) is 0.804. The van der Waals surface area contributed by atoms with E-state index in [1.807, 2.05) is 0 Å². The van der Waals surface area contributed by atoms with Crippen LogP contribution in [0, 0.1) is 12.3 Å². The van der Waals surface area contributed by atoms with Gasteiger partial charge in [-0.1, -0.05) is 0 Å². The van der Waals surface area contributed by atoms with E-state index in [0.717, 1.165) is 0 Å². The number of hydrogen-bond donors (Lipinski definition) is 0. The molecule has 0 radical (unpaired) electrons. The molecule has 1 nitrogen and oxygen atoms in total. The zero-order chi connectivity index (χ0) is 4.99. The molecule has 0 aliphatic carbocycles. The predicted molar refractivity (Wildman–Crippen MR) is 19.8 cm³/mol. The van der Waals surface area contributed by atoms with E-state index >= 15 is 0 Å². The summed E-state index contributed by atoms with van der Waals surface area (Å²) in [5, 5.41) is 0. The number of carbonyl (C=O) groups is 1. The summed E-state index contributed by atoms with van der Waals surface area (Å²) in [7, 11) is 0. The quantitative estimate of drug-likeness (QED) is 0.327. The van der Waals surface area contributed by atoms with Crippen molar-refractivity contribution in [3.05, 3.63) is 0 Å². The monoisotopic (exact) mass is 85.0 g/mol. The fourth-order valence-corrected chi connectivity index (χ4v) is 0.0386. The second-order valence-electron chi connectivity index (χ2n) is 0.701. The zero-order valence-corrected chi connectivity index (χ0v) is 3.07. The third-order valence-corrected chi connectivity index (χ3v) is 0.282. The number of halogens is 1. The Morgan fingerprint density at radius 2 is 2.50 bits per heavy atom. The fraction of sp³-hybridized carbons (Fsp3) is 0.250. The molecular formula is C4H3FO. The molecule has 0 atom stereocenters. The van der Waals surface area contributed by atoms with Crippen molar-refractivity contribution in [2.45, 2.75) is 0 Å². The van der Waals surface area contributed by atoms with Gasteiger partial charge in [-0.25, -0.2) is 4.39 Å². The Balaban J connectivity index is 3.33. The Bertz CT molecular complexity index is 90.2. The van der Waals surface area contributed by atoms with Crippen LogP contribution in [0.1, 0.15) is 0 Å². The van der Waals surface area contributed by atoms with Gasteiger partial charge in [0.25, 0.3) is 0 Å². The van der Waals surface area contributed by atoms with Crippen LogP contribution in [0.25, 0.3) is 0 Å². The van der Waals surface area contributed by atoms with E-state index < -0.39 is 12.5 Å². The number of hydrogen-bond acceptors (Lipinski definition) is 1. The highest BCUT2D eigenvalue weighted by Gasteiger charge is 1.87. The van der Waals surface area contributed by atoms with E-state index in [0.29, 0.717) is 0 Å². The highest BCUT2D eigenvalue weighted by atomic mass is 18.2. The molecule has 0 bridgehead atoms. The smallest absolute Gasteiger partial charge is 0.236 e. The Morgan fingerprint density at radius 3 is 2.50 bits per heavy atom. The molecule has 0 heterocycles. The molecule has 0 aliphatic rings. The van der Waals surface area contributed by atoms with Gasteiger partial charge in [0.2, 0.25) is 5.78 Å². The molecule has 0 aromatic rings. The van der Waals surface area contributed by atoms with E-state index in [2.05, 4.69) is 6.42 Å². The molecule has 2 heteroatoms. The van der Waals surface area contributed by atoms with Crippen molar-refractivity contribution in [2.24, 2.45) is 0 Å². The summed E-state index contributed by atoms with van der Waals surface area (Å²) < 4.78 is 10.9. The Labute approximate surface area is 35.2 Å². The zero-order valence-electron chi connectivity index (χ0n) is 3.07. The third-order valence-electron chi connectivity index (χ3n) is 0.282. The average Bonchev–Trinajstić information content (AvgIpc) is 1.65. The Kier molecular flexibility index (Phi) is 2.06. The molecule has 0 aromatic carbocycles. The maximum absolute atomic E-state index is 10.9. The molecule has 0 saturated carbocycles. The lowest BCUT2D eigenvalue weighted by atomic mass is 10.5. The molecule has 0 aliphatic heterocycles. The number of carbonyl (C=O) groups excluding carboxylic acids is 1. The lowest BCUT2D eigenvalue weighted by Crippen LogP contribution is -1.91. The van der Waals surface area contributed by atoms with Crippen LogP contribution < -0.4 is 0 Å². The SMILES string of the molecule is C#CC(=O)C[18F]. The molecule has 32 valence electrons. The van der Waals surface area contributed by atoms with Crippen molar-refractivity contribution < 1.29 is 9.18 Å². The fourth-order valence-electron chi connectivity index (χ4n) is 0.0386. The van der Waals surface area contributed by atoms with Gasteiger partial charge >= 0.3 is 0 Å². The van der Waals surface area contributed by atoms with Gasteiger partial charge in [0.15, 0.2) is 6.67 Å². The first-order chi connectivity index (χ1) is 2.81. The lowest BCUT2D eigenvalue weighted by Gasteiger charge is -1.68. The van der Waals surface area contributed by atoms with Crippen LogP contribution in [0.2, 0.25) is 0 Å². The summed E-state index contributed by atoms with van der Waals surface area (Å²) in [6, 6.07) is 0. The minimum absolute atomic E-state index is 0.796. The largest absolute Gasteiger partial charge is 0.282 e. The second kappa shape index (κ2) is 2.40. The van der Waals surface area contributed by atoms with E-state index in [1.54, 1.807) is 5.92 Å². The van der Waals surface area contributed by atoms with E-state index in [-0.39, 0.29) is 0 Å². The van der Waals surface area contributed by atoms with Gasteiger partial charge < -0.3 is 0 Å². The standard InChI is InChI=1S/C4H3FO/c1-2-4(6)3-5/h1H,3H2/i5-1. The average molecular weight is 85.1 g/mol. The highest BCUT2D eigenvalue weighted by Crippen LogP contribution is 1.65. The van der Waals surface area contributed by atoms with Crippen LogP contribution in [0.3, 0.4) is 0 Å². The molecule has 0 amide bonds. The first kappa shape index (κ1) is 5.16. The molecule has 0 aromatic heterocycles. The number of terminal acetylenes is 1. The molecule has 0 N–H and O–H groups in total. The number of alkyl halides is 1. The maximum atomic E-state index is 10.9. The van der Waals surface area contributed by atoms with Gasteiger partial charge in [-0.2, -0.15) is 0 Å². The summed E-state index contributed by atoms with van der Waals surface area (Å²) in [4.78, 5) is 9.57. The molecule has 6 heavy (non-hydrogen) atoms. The van der Waals surface area contributed by atoms with Crippen LogP contribution in [0.4, 0.5) is 4.39 Å². The summed E-state index contributed by atoms with van der Waals surface area (Å²) in [6.45, 7) is -1.05. The lowest BCUT2D eigenvalue weighted by molar-refractivity contribution is -0.114. The van der Waals surface area contributed by atoms with E-state index in [1.165, 1.54) is 0 Å². The van der Waals surface area contributed by atoms with E-state index in [9.17, 15) is 9.18 Å². The molecule has 0 unspecified atom stereocenters. The molecule has 0 saturated heterocycles. The highest BCUT2D eigenvalue weighted by molar-refractivity contribution is 5.95. The van der Waals surface area contributed by atoms with Crippen LogP contribution >= 0.6 is 0 Å². The summed E-state index contributed by atoms with van der Waals surface area (Å²) in [5.41, 5.74) is 0. The first-order valence-electron chi connectivity index (χ1n) is 1.36. The van der Waals surface area contributed by atoms with Crippen LogP contribution in [-0.2, 0) is 4.79 Å². The van der Waals surface area contributed by atoms with Gasteiger partial charge in [-0.05, 0) is 5.92 Å². The van der Waals surface area contributed by atoms with Crippen molar-refractivity contribution in [1.82, 2.24) is 0 Å². The minimum Gasteiger partial charge on any atom is -0.282 e. The van der Waals surface area contributed by atoms with E-state index in [4.69, 9.17) is 0 Å². The summed E-state index contributed by atoms with van der Waals surface area (Å²) >= 11 is 0. The topological polar surface area (TPSA) is 17.1 Å². The van der Waals surface area contributed by atoms with Crippen LogP contribution in [0.15, 0.2) is 0 Å². The molecule has 0 spiro atoms. The van der Waals surface area contributed by atoms with Crippen molar-refractivity contribution in [3.8, 4) is 12.3 Å². The second-order valence-corrected chi connectivity index (χ2v) is 0.701. The Hall–Kier alpha value is -0.840. The number of ketones is 1. The first-order valence-corrected chi connectivity index (χ1v) is 1.36. The number of Topliss-reactive ketones (excluding diaryl/α,β-unsaturated/α-hetero) is 1. The van der Waals surface area contributed by atoms with Gasteiger partial charge in [0, 0.05) is 0 Å². The van der Waals surface area contributed by atoms with Gasteiger partial charge in [0.05, 0.1) is 0 Å². The van der Waals surface area contributed by atoms with Gasteiger partial charge in [-0.15, -0.1) is 6.42 Å².